The Bertz CT molecular complexity index is 195. The first-order chi connectivity index (χ1) is 7.88. The van der Waals surface area contributed by atoms with Gasteiger partial charge in [0.1, 0.15) is 0 Å². The van der Waals surface area contributed by atoms with E-state index < -0.39 is 0 Å². The lowest BCUT2D eigenvalue weighted by Crippen LogP contribution is -2.29. The van der Waals surface area contributed by atoms with E-state index in [9.17, 15) is 0 Å². The zero-order chi connectivity index (χ0) is 11.2. The number of likely N-dealkylation sites (tertiary alicyclic amines) is 1. The molecule has 2 heterocycles. The maximum absolute atomic E-state index is 9.04. The predicted octanol–water partition coefficient (Wildman–Crippen LogP) is 0.844. The summed E-state index contributed by atoms with van der Waals surface area (Å²) in [7, 11) is 0. The van der Waals surface area contributed by atoms with Crippen LogP contribution in [0.3, 0.4) is 0 Å². The smallest absolute Gasteiger partial charge is 0.157 e. The van der Waals surface area contributed by atoms with Crippen molar-refractivity contribution in [3.63, 3.8) is 0 Å². The molecule has 0 aromatic rings. The Kier molecular flexibility index (Phi) is 5.03. The Morgan fingerprint density at radius 3 is 2.94 bits per heavy atom. The van der Waals surface area contributed by atoms with Crippen molar-refractivity contribution in [2.24, 2.45) is 5.92 Å². The molecule has 0 radical (unpaired) electrons. The molecule has 2 aliphatic rings. The first-order valence-corrected chi connectivity index (χ1v) is 6.45. The van der Waals surface area contributed by atoms with Gasteiger partial charge in [-0.25, -0.2) is 0 Å². The molecule has 2 fully saturated rings. The van der Waals surface area contributed by atoms with Crippen LogP contribution in [-0.4, -0.2) is 55.8 Å². The molecule has 0 spiro atoms. The molecule has 0 bridgehead atoms. The van der Waals surface area contributed by atoms with Crippen LogP contribution in [0.1, 0.15) is 25.7 Å². The number of rotatable bonds is 5. The number of aliphatic hydroxyl groups is 1. The molecular formula is C12H23NO3. The van der Waals surface area contributed by atoms with Crippen LogP contribution in [0.4, 0.5) is 0 Å². The van der Waals surface area contributed by atoms with Gasteiger partial charge in [0.05, 0.1) is 6.61 Å². The summed E-state index contributed by atoms with van der Waals surface area (Å²) in [6, 6.07) is 0. The summed E-state index contributed by atoms with van der Waals surface area (Å²) < 4.78 is 11.2. The van der Waals surface area contributed by atoms with Crippen molar-refractivity contribution < 1.29 is 14.6 Å². The second kappa shape index (κ2) is 6.55. The number of nitrogens with zero attached hydrogens (tertiary/aromatic N) is 1. The number of hydrogen-bond acceptors (Lipinski definition) is 4. The van der Waals surface area contributed by atoms with E-state index in [0.29, 0.717) is 12.5 Å². The lowest BCUT2D eigenvalue weighted by Gasteiger charge is -2.24. The zero-order valence-electron chi connectivity index (χ0n) is 9.94. The summed E-state index contributed by atoms with van der Waals surface area (Å²) in [5.41, 5.74) is 0. The molecule has 94 valence electrons. The van der Waals surface area contributed by atoms with Gasteiger partial charge in [-0.3, -0.25) is 0 Å². The van der Waals surface area contributed by atoms with Gasteiger partial charge >= 0.3 is 0 Å². The van der Waals surface area contributed by atoms with Gasteiger partial charge in [0, 0.05) is 26.3 Å². The van der Waals surface area contributed by atoms with Crippen molar-refractivity contribution in [2.45, 2.75) is 32.0 Å². The Labute approximate surface area is 97.5 Å². The highest BCUT2D eigenvalue weighted by atomic mass is 16.7. The molecule has 2 atom stereocenters. The molecule has 0 aromatic carbocycles. The SMILES string of the molecule is OCC1CCN(CCOC2CCCCO2)C1. The zero-order valence-corrected chi connectivity index (χ0v) is 9.94. The van der Waals surface area contributed by atoms with Crippen LogP contribution in [0.15, 0.2) is 0 Å². The molecule has 1 N–H and O–H groups in total. The Morgan fingerprint density at radius 2 is 2.25 bits per heavy atom. The van der Waals surface area contributed by atoms with Crippen molar-refractivity contribution in [1.82, 2.24) is 4.90 Å². The van der Waals surface area contributed by atoms with E-state index in [-0.39, 0.29) is 6.29 Å². The highest BCUT2D eigenvalue weighted by molar-refractivity contribution is 4.74. The monoisotopic (exact) mass is 229 g/mol. The van der Waals surface area contributed by atoms with Crippen LogP contribution < -0.4 is 0 Å². The maximum atomic E-state index is 9.04. The summed E-state index contributed by atoms with van der Waals surface area (Å²) >= 11 is 0. The molecule has 2 saturated heterocycles. The first-order valence-electron chi connectivity index (χ1n) is 6.45. The predicted molar refractivity (Wildman–Crippen MR) is 61.2 cm³/mol. The van der Waals surface area contributed by atoms with Crippen molar-refractivity contribution in [2.75, 3.05) is 39.5 Å². The van der Waals surface area contributed by atoms with Crippen LogP contribution in [0.25, 0.3) is 0 Å². The summed E-state index contributed by atoms with van der Waals surface area (Å²) in [5, 5.41) is 9.04. The summed E-state index contributed by atoms with van der Waals surface area (Å²) in [5.74, 6) is 0.478. The topological polar surface area (TPSA) is 41.9 Å². The minimum atomic E-state index is 0.0324. The van der Waals surface area contributed by atoms with E-state index in [4.69, 9.17) is 14.6 Å². The molecular weight excluding hydrogens is 206 g/mol. The lowest BCUT2D eigenvalue weighted by molar-refractivity contribution is -0.163. The molecule has 0 amide bonds. The average molecular weight is 229 g/mol. The Balaban J connectivity index is 1.54. The Hall–Kier alpha value is -0.160. The highest BCUT2D eigenvalue weighted by Crippen LogP contribution is 2.16. The van der Waals surface area contributed by atoms with Gasteiger partial charge in [-0.1, -0.05) is 0 Å². The van der Waals surface area contributed by atoms with Gasteiger partial charge in [0.2, 0.25) is 0 Å². The highest BCUT2D eigenvalue weighted by Gasteiger charge is 2.21. The Morgan fingerprint density at radius 1 is 1.31 bits per heavy atom. The van der Waals surface area contributed by atoms with Gasteiger partial charge in [-0.15, -0.1) is 0 Å². The molecule has 16 heavy (non-hydrogen) atoms. The molecule has 0 aliphatic carbocycles. The standard InChI is InChI=1S/C12H23NO3/c14-10-11-4-5-13(9-11)6-8-16-12-3-1-2-7-15-12/h11-12,14H,1-10H2. The van der Waals surface area contributed by atoms with Gasteiger partial charge < -0.3 is 19.5 Å². The second-order valence-corrected chi connectivity index (χ2v) is 4.80. The quantitative estimate of drug-likeness (QED) is 0.758. The van der Waals surface area contributed by atoms with Crippen LogP contribution in [0, 0.1) is 5.92 Å². The van der Waals surface area contributed by atoms with E-state index in [1.807, 2.05) is 0 Å². The van der Waals surface area contributed by atoms with E-state index in [2.05, 4.69) is 4.90 Å². The minimum absolute atomic E-state index is 0.0324. The van der Waals surface area contributed by atoms with Gasteiger partial charge in [0.15, 0.2) is 6.29 Å². The largest absolute Gasteiger partial charge is 0.396 e. The second-order valence-electron chi connectivity index (χ2n) is 4.80. The van der Waals surface area contributed by atoms with Crippen molar-refractivity contribution in [3.8, 4) is 0 Å². The van der Waals surface area contributed by atoms with Gasteiger partial charge in [-0.2, -0.15) is 0 Å². The maximum Gasteiger partial charge on any atom is 0.157 e. The molecule has 2 rings (SSSR count). The molecule has 2 aliphatic heterocycles. The third-order valence-electron chi connectivity index (χ3n) is 3.48. The van der Waals surface area contributed by atoms with Crippen LogP contribution >= 0.6 is 0 Å². The molecule has 4 nitrogen and oxygen atoms in total. The number of aliphatic hydroxyl groups excluding tert-OH is 1. The average Bonchev–Trinajstić information content (AvgIpc) is 2.78. The summed E-state index contributed by atoms with van der Waals surface area (Å²) in [4.78, 5) is 2.36. The van der Waals surface area contributed by atoms with Crippen LogP contribution in [0.5, 0.6) is 0 Å². The third-order valence-corrected chi connectivity index (χ3v) is 3.48. The van der Waals surface area contributed by atoms with Crippen molar-refractivity contribution in [1.29, 1.82) is 0 Å². The molecule has 0 aromatic heterocycles. The fraction of sp³-hybridized carbons (Fsp3) is 1.00. The molecule has 0 saturated carbocycles. The summed E-state index contributed by atoms with van der Waals surface area (Å²) in [6.45, 7) is 5.01. The fourth-order valence-electron chi connectivity index (χ4n) is 2.42. The molecule has 2 unspecified atom stereocenters. The minimum Gasteiger partial charge on any atom is -0.396 e. The fourth-order valence-corrected chi connectivity index (χ4v) is 2.42. The van der Waals surface area contributed by atoms with Gasteiger partial charge in [-0.05, 0) is 38.1 Å². The van der Waals surface area contributed by atoms with Crippen LogP contribution in [0.2, 0.25) is 0 Å². The van der Waals surface area contributed by atoms with E-state index in [1.165, 1.54) is 12.8 Å². The third kappa shape index (κ3) is 3.70. The normalized spacial score (nSPS) is 32.1. The number of hydrogen-bond donors (Lipinski definition) is 1. The number of ether oxygens (including phenoxy) is 2. The van der Waals surface area contributed by atoms with Crippen LogP contribution in [-0.2, 0) is 9.47 Å². The van der Waals surface area contributed by atoms with Crippen molar-refractivity contribution in [3.05, 3.63) is 0 Å². The first kappa shape index (κ1) is 12.3. The van der Waals surface area contributed by atoms with E-state index in [0.717, 1.165) is 45.7 Å². The van der Waals surface area contributed by atoms with Gasteiger partial charge in [0.25, 0.3) is 0 Å². The molecule has 4 heteroatoms. The summed E-state index contributed by atoms with van der Waals surface area (Å²) in [6.07, 6.45) is 4.59. The van der Waals surface area contributed by atoms with E-state index in [1.54, 1.807) is 0 Å². The van der Waals surface area contributed by atoms with Crippen molar-refractivity contribution >= 4 is 0 Å². The van der Waals surface area contributed by atoms with E-state index >= 15 is 0 Å². The lowest BCUT2D eigenvalue weighted by atomic mass is 10.1.